The molecule has 92 valence electrons. The van der Waals surface area contributed by atoms with Gasteiger partial charge in [-0.1, -0.05) is 23.2 Å². The second kappa shape index (κ2) is 5.01. The molecular weight excluding hydrogens is 269 g/mol. The summed E-state index contributed by atoms with van der Waals surface area (Å²) in [6.45, 7) is 1.86. The van der Waals surface area contributed by atoms with Gasteiger partial charge in [0.2, 0.25) is 0 Å². The zero-order chi connectivity index (χ0) is 13.3. The summed E-state index contributed by atoms with van der Waals surface area (Å²) in [6.07, 6.45) is 0. The van der Waals surface area contributed by atoms with Crippen LogP contribution in [0.5, 0.6) is 0 Å². The van der Waals surface area contributed by atoms with Crippen molar-refractivity contribution in [3.63, 3.8) is 0 Å². The second-order valence-electron chi connectivity index (χ2n) is 4.02. The number of carbonyl (C=O) groups excluding carboxylic acids is 1. The highest BCUT2D eigenvalue weighted by atomic mass is 35.5. The molecule has 4 heteroatoms. The summed E-state index contributed by atoms with van der Waals surface area (Å²) < 4.78 is 0. The van der Waals surface area contributed by atoms with Crippen LogP contribution >= 0.6 is 23.2 Å². The zero-order valence-corrected chi connectivity index (χ0v) is 11.2. The van der Waals surface area contributed by atoms with E-state index in [1.54, 1.807) is 36.4 Å². The van der Waals surface area contributed by atoms with Crippen LogP contribution in [0.2, 0.25) is 10.0 Å². The third-order valence-corrected chi connectivity index (χ3v) is 3.26. The van der Waals surface area contributed by atoms with E-state index >= 15 is 0 Å². The first-order valence-corrected chi connectivity index (χ1v) is 6.10. The predicted octanol–water partition coefficient (Wildman–Crippen LogP) is 4.12. The Morgan fingerprint density at radius 2 is 1.83 bits per heavy atom. The fourth-order valence-corrected chi connectivity index (χ4v) is 2.14. The molecule has 2 N–H and O–H groups in total. The number of benzene rings is 2. The third kappa shape index (κ3) is 2.50. The van der Waals surface area contributed by atoms with Crippen molar-refractivity contribution in [2.45, 2.75) is 6.92 Å². The van der Waals surface area contributed by atoms with Crippen LogP contribution in [0.15, 0.2) is 36.4 Å². The molecule has 18 heavy (non-hydrogen) atoms. The smallest absolute Gasteiger partial charge is 0.194 e. The number of nitrogens with two attached hydrogens (primary N) is 1. The zero-order valence-electron chi connectivity index (χ0n) is 9.71. The molecule has 0 aliphatic rings. The van der Waals surface area contributed by atoms with Crippen molar-refractivity contribution in [2.24, 2.45) is 0 Å². The molecule has 0 spiro atoms. The molecule has 0 saturated heterocycles. The van der Waals surface area contributed by atoms with Crippen molar-refractivity contribution >= 4 is 34.7 Å². The Morgan fingerprint density at radius 3 is 2.44 bits per heavy atom. The van der Waals surface area contributed by atoms with Gasteiger partial charge in [-0.2, -0.15) is 0 Å². The lowest BCUT2D eigenvalue weighted by atomic mass is 10.0. The Bertz CT molecular complexity index is 623. The molecule has 0 unspecified atom stereocenters. The molecule has 2 nitrogen and oxygen atoms in total. The Morgan fingerprint density at radius 1 is 1.11 bits per heavy atom. The first-order chi connectivity index (χ1) is 8.49. The van der Waals surface area contributed by atoms with E-state index < -0.39 is 0 Å². The summed E-state index contributed by atoms with van der Waals surface area (Å²) in [4.78, 5) is 12.3. The van der Waals surface area contributed by atoms with E-state index in [9.17, 15) is 4.79 Å². The van der Waals surface area contributed by atoms with Gasteiger partial charge in [0.15, 0.2) is 5.78 Å². The minimum absolute atomic E-state index is 0.139. The molecule has 0 atom stereocenters. The number of hydrogen-bond donors (Lipinski definition) is 1. The van der Waals surface area contributed by atoms with Crippen LogP contribution < -0.4 is 5.73 Å². The van der Waals surface area contributed by atoms with Gasteiger partial charge in [0.05, 0.1) is 5.02 Å². The summed E-state index contributed by atoms with van der Waals surface area (Å²) in [7, 11) is 0. The number of nitrogen functional groups attached to an aromatic ring is 1. The highest BCUT2D eigenvalue weighted by Crippen LogP contribution is 2.24. The molecule has 2 rings (SSSR count). The van der Waals surface area contributed by atoms with Crippen LogP contribution in [-0.4, -0.2) is 5.78 Å². The molecule has 0 heterocycles. The summed E-state index contributed by atoms with van der Waals surface area (Å²) in [5.74, 6) is -0.139. The summed E-state index contributed by atoms with van der Waals surface area (Å²) >= 11 is 11.8. The van der Waals surface area contributed by atoms with Gasteiger partial charge in [0, 0.05) is 21.8 Å². The average Bonchev–Trinajstić information content (AvgIpc) is 2.32. The lowest BCUT2D eigenvalue weighted by Crippen LogP contribution is -2.03. The van der Waals surface area contributed by atoms with Crippen molar-refractivity contribution in [3.8, 4) is 0 Å². The average molecular weight is 280 g/mol. The van der Waals surface area contributed by atoms with E-state index in [1.807, 2.05) is 6.92 Å². The number of carbonyl (C=O) groups is 1. The second-order valence-corrected chi connectivity index (χ2v) is 4.87. The van der Waals surface area contributed by atoms with Crippen LogP contribution in [0.4, 0.5) is 5.69 Å². The number of hydrogen-bond acceptors (Lipinski definition) is 2. The SMILES string of the molecule is Cc1cc(C(=O)c2ccc(Cl)cc2Cl)ccc1N. The Balaban J connectivity index is 2.44. The minimum Gasteiger partial charge on any atom is -0.399 e. The first-order valence-electron chi connectivity index (χ1n) is 5.35. The maximum absolute atomic E-state index is 12.3. The van der Waals surface area contributed by atoms with E-state index in [-0.39, 0.29) is 5.78 Å². The van der Waals surface area contributed by atoms with Crippen molar-refractivity contribution in [2.75, 3.05) is 5.73 Å². The fraction of sp³-hybridized carbons (Fsp3) is 0.0714. The van der Waals surface area contributed by atoms with Crippen LogP contribution in [0.3, 0.4) is 0 Å². The molecule has 0 aliphatic carbocycles. The monoisotopic (exact) mass is 279 g/mol. The van der Waals surface area contributed by atoms with Crippen LogP contribution in [-0.2, 0) is 0 Å². The molecule has 0 fully saturated rings. The van der Waals surface area contributed by atoms with Gasteiger partial charge < -0.3 is 5.73 Å². The molecule has 0 aliphatic heterocycles. The molecule has 2 aromatic carbocycles. The first kappa shape index (κ1) is 12.9. The summed E-state index contributed by atoms with van der Waals surface area (Å²) in [6, 6.07) is 9.98. The highest BCUT2D eigenvalue weighted by Gasteiger charge is 2.13. The van der Waals surface area contributed by atoms with E-state index in [0.29, 0.717) is 26.9 Å². The number of aryl methyl sites for hydroxylation is 1. The molecule has 0 radical (unpaired) electrons. The standard InChI is InChI=1S/C14H11Cl2NO/c1-8-6-9(2-5-13(8)17)14(18)11-4-3-10(15)7-12(11)16/h2-7H,17H2,1H3. The van der Waals surface area contributed by atoms with Gasteiger partial charge >= 0.3 is 0 Å². The number of rotatable bonds is 2. The van der Waals surface area contributed by atoms with Gasteiger partial charge in [-0.25, -0.2) is 0 Å². The van der Waals surface area contributed by atoms with E-state index in [4.69, 9.17) is 28.9 Å². The van der Waals surface area contributed by atoms with Gasteiger partial charge in [0.1, 0.15) is 0 Å². The summed E-state index contributed by atoms with van der Waals surface area (Å²) in [5, 5.41) is 0.854. The van der Waals surface area contributed by atoms with Gasteiger partial charge in [-0.15, -0.1) is 0 Å². The van der Waals surface area contributed by atoms with Crippen molar-refractivity contribution < 1.29 is 4.79 Å². The summed E-state index contributed by atoms with van der Waals surface area (Å²) in [5.41, 5.74) is 8.25. The minimum atomic E-state index is -0.139. The fourth-order valence-electron chi connectivity index (χ4n) is 1.65. The van der Waals surface area contributed by atoms with Crippen molar-refractivity contribution in [3.05, 3.63) is 63.1 Å². The maximum Gasteiger partial charge on any atom is 0.194 e. The molecule has 0 bridgehead atoms. The third-order valence-electron chi connectivity index (χ3n) is 2.71. The maximum atomic E-state index is 12.3. The Labute approximate surface area is 115 Å². The van der Waals surface area contributed by atoms with Crippen LogP contribution in [0.1, 0.15) is 21.5 Å². The lowest BCUT2D eigenvalue weighted by Gasteiger charge is -2.06. The quantitative estimate of drug-likeness (QED) is 0.664. The normalized spacial score (nSPS) is 10.4. The van der Waals surface area contributed by atoms with Gasteiger partial charge in [-0.05, 0) is 48.9 Å². The molecule has 0 aromatic heterocycles. The number of anilines is 1. The van der Waals surface area contributed by atoms with Crippen molar-refractivity contribution in [1.29, 1.82) is 0 Å². The van der Waals surface area contributed by atoms with E-state index in [1.165, 1.54) is 0 Å². The molecular formula is C14H11Cl2NO. The van der Waals surface area contributed by atoms with Crippen LogP contribution in [0.25, 0.3) is 0 Å². The number of ketones is 1. The van der Waals surface area contributed by atoms with Crippen LogP contribution in [0, 0.1) is 6.92 Å². The van der Waals surface area contributed by atoms with E-state index in [2.05, 4.69) is 0 Å². The largest absolute Gasteiger partial charge is 0.399 e. The van der Waals surface area contributed by atoms with Crippen molar-refractivity contribution in [1.82, 2.24) is 0 Å². The van der Waals surface area contributed by atoms with Gasteiger partial charge in [-0.3, -0.25) is 4.79 Å². The highest BCUT2D eigenvalue weighted by molar-refractivity contribution is 6.37. The molecule has 2 aromatic rings. The topological polar surface area (TPSA) is 43.1 Å². The molecule has 0 amide bonds. The number of halogens is 2. The lowest BCUT2D eigenvalue weighted by molar-refractivity contribution is 0.103. The van der Waals surface area contributed by atoms with E-state index in [0.717, 1.165) is 5.56 Å². The predicted molar refractivity (Wildman–Crippen MR) is 75.5 cm³/mol. The molecule has 0 saturated carbocycles. The Hall–Kier alpha value is -1.51. The Kier molecular flexibility index (Phi) is 3.60. The van der Waals surface area contributed by atoms with Gasteiger partial charge in [0.25, 0.3) is 0 Å².